The van der Waals surface area contributed by atoms with Crippen molar-refractivity contribution in [3.8, 4) is 5.75 Å². The lowest BCUT2D eigenvalue weighted by molar-refractivity contribution is -0.0495. The molecule has 20 heavy (non-hydrogen) atoms. The van der Waals surface area contributed by atoms with Gasteiger partial charge in [0.2, 0.25) is 0 Å². The Labute approximate surface area is 119 Å². The van der Waals surface area contributed by atoms with Crippen molar-refractivity contribution < 1.29 is 13.5 Å². The van der Waals surface area contributed by atoms with Crippen LogP contribution in [0, 0.1) is 0 Å². The Bertz CT molecular complexity index is 796. The summed E-state index contributed by atoms with van der Waals surface area (Å²) >= 11 is 3.11. The van der Waals surface area contributed by atoms with Gasteiger partial charge in [0.25, 0.3) is 5.56 Å². The highest BCUT2D eigenvalue weighted by atomic mass is 79.9. The molecule has 1 heterocycles. The third-order valence-corrected chi connectivity index (χ3v) is 3.75. The Morgan fingerprint density at radius 1 is 1.35 bits per heavy atom. The lowest BCUT2D eigenvalue weighted by atomic mass is 10.2. The maximum absolute atomic E-state index is 12.6. The van der Waals surface area contributed by atoms with Gasteiger partial charge < -0.3 is 4.74 Å². The van der Waals surface area contributed by atoms with E-state index in [4.69, 9.17) is 0 Å². The van der Waals surface area contributed by atoms with Gasteiger partial charge in [-0.15, -0.1) is 0 Å². The number of hydrogen-bond donors (Lipinski definition) is 1. The average molecular weight is 347 g/mol. The molecule has 0 aliphatic heterocycles. The van der Waals surface area contributed by atoms with Crippen molar-refractivity contribution in [1.82, 2.24) is 9.55 Å². The first-order chi connectivity index (χ1) is 9.49. The number of alkyl halides is 2. The Kier molecular flexibility index (Phi) is 3.12. The van der Waals surface area contributed by atoms with Crippen LogP contribution in [-0.4, -0.2) is 16.2 Å². The fourth-order valence-electron chi connectivity index (χ4n) is 2.18. The van der Waals surface area contributed by atoms with Crippen LogP contribution >= 0.6 is 15.9 Å². The van der Waals surface area contributed by atoms with E-state index < -0.39 is 17.9 Å². The van der Waals surface area contributed by atoms with Crippen LogP contribution in [0.4, 0.5) is 8.78 Å². The number of hydrogen-bond acceptors (Lipinski definition) is 3. The molecule has 2 aromatic rings. The summed E-state index contributed by atoms with van der Waals surface area (Å²) in [6.45, 7) is -3.04. The second kappa shape index (κ2) is 4.69. The number of aromatic amines is 1. The monoisotopic (exact) mass is 346 g/mol. The highest BCUT2D eigenvalue weighted by Crippen LogP contribution is 2.40. The van der Waals surface area contributed by atoms with Crippen molar-refractivity contribution in [3.05, 3.63) is 37.4 Å². The summed E-state index contributed by atoms with van der Waals surface area (Å²) in [6, 6.07) is 2.82. The minimum Gasteiger partial charge on any atom is -0.431 e. The summed E-state index contributed by atoms with van der Waals surface area (Å²) < 4.78 is 31.2. The van der Waals surface area contributed by atoms with Crippen LogP contribution in [0.2, 0.25) is 0 Å². The highest BCUT2D eigenvalue weighted by molar-refractivity contribution is 9.10. The quantitative estimate of drug-likeness (QED) is 0.927. The molecule has 5 nitrogen and oxygen atoms in total. The van der Waals surface area contributed by atoms with E-state index in [0.29, 0.717) is 0 Å². The van der Waals surface area contributed by atoms with Crippen LogP contribution in [0.15, 0.2) is 26.2 Å². The Morgan fingerprint density at radius 3 is 2.65 bits per heavy atom. The van der Waals surface area contributed by atoms with Crippen molar-refractivity contribution in [2.24, 2.45) is 0 Å². The standard InChI is InChI=1S/C12H9BrF2N2O3/c13-7-4-3-6-8(9(7)20-11(14)15)17(5-1-2-5)12(19)16-10(6)18/h3-5,11H,1-2H2,(H,16,18,19). The molecule has 0 unspecified atom stereocenters. The number of H-pyrrole nitrogens is 1. The lowest BCUT2D eigenvalue weighted by Crippen LogP contribution is -2.30. The van der Waals surface area contributed by atoms with Crippen LogP contribution in [0.25, 0.3) is 10.9 Å². The molecule has 8 heteroatoms. The molecule has 0 spiro atoms. The number of nitrogens with zero attached hydrogens (tertiary/aromatic N) is 1. The van der Waals surface area contributed by atoms with E-state index in [0.717, 1.165) is 12.8 Å². The topological polar surface area (TPSA) is 64.1 Å². The van der Waals surface area contributed by atoms with Crippen LogP contribution < -0.4 is 16.0 Å². The fraction of sp³-hybridized carbons (Fsp3) is 0.333. The van der Waals surface area contributed by atoms with E-state index >= 15 is 0 Å². The number of fused-ring (bicyclic) bond motifs is 1. The summed E-state index contributed by atoms with van der Waals surface area (Å²) in [4.78, 5) is 25.9. The maximum atomic E-state index is 12.6. The summed E-state index contributed by atoms with van der Waals surface area (Å²) in [5.74, 6) is -0.187. The largest absolute Gasteiger partial charge is 0.431 e. The number of ether oxygens (including phenoxy) is 1. The molecule has 0 atom stereocenters. The Balaban J connectivity index is 2.44. The number of rotatable bonds is 3. The van der Waals surface area contributed by atoms with Gasteiger partial charge in [0.05, 0.1) is 9.86 Å². The van der Waals surface area contributed by atoms with Gasteiger partial charge in [0, 0.05) is 6.04 Å². The van der Waals surface area contributed by atoms with E-state index in [1.807, 2.05) is 0 Å². The van der Waals surface area contributed by atoms with Crippen molar-refractivity contribution in [3.63, 3.8) is 0 Å². The molecular weight excluding hydrogens is 338 g/mol. The van der Waals surface area contributed by atoms with Gasteiger partial charge >= 0.3 is 12.3 Å². The zero-order chi connectivity index (χ0) is 14.4. The number of benzene rings is 1. The molecule has 1 N–H and O–H groups in total. The molecule has 0 bridgehead atoms. The lowest BCUT2D eigenvalue weighted by Gasteiger charge is -2.14. The number of halogens is 3. The van der Waals surface area contributed by atoms with Crippen molar-refractivity contribution in [2.45, 2.75) is 25.5 Å². The SMILES string of the molecule is O=c1[nH]c(=O)n(C2CC2)c2c(OC(F)F)c(Br)ccc12. The van der Waals surface area contributed by atoms with Gasteiger partial charge in [-0.1, -0.05) is 0 Å². The molecule has 1 fully saturated rings. The molecule has 1 aliphatic carbocycles. The van der Waals surface area contributed by atoms with E-state index in [1.54, 1.807) is 0 Å². The minimum atomic E-state index is -3.04. The zero-order valence-corrected chi connectivity index (χ0v) is 11.6. The molecule has 106 valence electrons. The summed E-state index contributed by atoms with van der Waals surface area (Å²) in [5, 5.41) is 0.148. The molecule has 1 aliphatic rings. The van der Waals surface area contributed by atoms with Crippen LogP contribution in [0.3, 0.4) is 0 Å². The van der Waals surface area contributed by atoms with Crippen LogP contribution in [0.5, 0.6) is 5.75 Å². The first-order valence-electron chi connectivity index (χ1n) is 5.91. The molecule has 1 aromatic carbocycles. The van der Waals surface area contributed by atoms with E-state index in [9.17, 15) is 18.4 Å². The van der Waals surface area contributed by atoms with Crippen molar-refractivity contribution >= 4 is 26.8 Å². The predicted molar refractivity (Wildman–Crippen MR) is 71.4 cm³/mol. The number of nitrogens with one attached hydrogen (secondary N) is 1. The second-order valence-electron chi connectivity index (χ2n) is 4.51. The fourth-order valence-corrected chi connectivity index (χ4v) is 2.59. The zero-order valence-electron chi connectivity index (χ0n) is 10.0. The molecule has 1 saturated carbocycles. The van der Waals surface area contributed by atoms with Gasteiger partial charge in [-0.05, 0) is 40.9 Å². The van der Waals surface area contributed by atoms with Gasteiger partial charge in [0.1, 0.15) is 5.52 Å². The maximum Gasteiger partial charge on any atom is 0.387 e. The first kappa shape index (κ1) is 13.3. The normalized spacial score (nSPS) is 15.0. The van der Waals surface area contributed by atoms with Crippen molar-refractivity contribution in [2.75, 3.05) is 0 Å². The third kappa shape index (κ3) is 2.13. The Hall–Kier alpha value is -1.70. The molecular formula is C12H9BrF2N2O3. The third-order valence-electron chi connectivity index (χ3n) is 3.13. The summed E-state index contributed by atoms with van der Waals surface area (Å²) in [6.07, 6.45) is 1.53. The Morgan fingerprint density at radius 2 is 2.05 bits per heavy atom. The van der Waals surface area contributed by atoms with Gasteiger partial charge in [-0.2, -0.15) is 8.78 Å². The minimum absolute atomic E-state index is 0.0869. The van der Waals surface area contributed by atoms with Gasteiger partial charge in [-0.25, -0.2) is 4.79 Å². The predicted octanol–water partition coefficient (Wildman–Crippen LogP) is 2.39. The van der Waals surface area contributed by atoms with E-state index in [1.165, 1.54) is 16.7 Å². The first-order valence-corrected chi connectivity index (χ1v) is 6.70. The van der Waals surface area contributed by atoms with Crippen LogP contribution in [0.1, 0.15) is 18.9 Å². The summed E-state index contributed by atoms with van der Waals surface area (Å²) in [7, 11) is 0. The van der Waals surface area contributed by atoms with Crippen LogP contribution in [-0.2, 0) is 0 Å². The van der Waals surface area contributed by atoms with E-state index in [-0.39, 0.29) is 27.2 Å². The highest BCUT2D eigenvalue weighted by Gasteiger charge is 2.29. The molecule has 1 aromatic heterocycles. The molecule has 3 rings (SSSR count). The van der Waals surface area contributed by atoms with E-state index in [2.05, 4.69) is 25.7 Å². The van der Waals surface area contributed by atoms with Gasteiger partial charge in [-0.3, -0.25) is 14.3 Å². The summed E-state index contributed by atoms with van der Waals surface area (Å²) in [5.41, 5.74) is -1.12. The molecule has 0 saturated heterocycles. The van der Waals surface area contributed by atoms with Crippen molar-refractivity contribution in [1.29, 1.82) is 0 Å². The molecule has 0 amide bonds. The smallest absolute Gasteiger partial charge is 0.387 e. The molecule has 0 radical (unpaired) electrons. The average Bonchev–Trinajstić information content (AvgIpc) is 3.16. The number of aromatic nitrogens is 2. The second-order valence-corrected chi connectivity index (χ2v) is 5.37. The van der Waals surface area contributed by atoms with Gasteiger partial charge in [0.15, 0.2) is 5.75 Å².